The molecule has 0 saturated carbocycles. The lowest BCUT2D eigenvalue weighted by Crippen LogP contribution is -2.55. The van der Waals surface area contributed by atoms with Gasteiger partial charge in [-0.2, -0.15) is 0 Å². The Bertz CT molecular complexity index is 2850. The number of rotatable bonds is 23. The first-order valence-electron chi connectivity index (χ1n) is 25.8. The van der Waals surface area contributed by atoms with Gasteiger partial charge in [-0.05, 0) is 121 Å². The molecule has 0 saturated heterocycles. The predicted octanol–water partition coefficient (Wildman–Crippen LogP) is 17.2. The number of unbranched alkanes of at least 4 members (excludes halogenated alkanes) is 13. The van der Waals surface area contributed by atoms with E-state index in [9.17, 15) is 0 Å². The molecule has 0 bridgehead atoms. The van der Waals surface area contributed by atoms with E-state index in [0.29, 0.717) is 6.61 Å². The zero-order valence-electron chi connectivity index (χ0n) is 41.4. The largest absolute Gasteiger partial charge is 0.497 e. The molecular formula is C65H70O4. The fourth-order valence-corrected chi connectivity index (χ4v) is 11.7. The van der Waals surface area contributed by atoms with Crippen molar-refractivity contribution in [2.45, 2.75) is 108 Å². The van der Waals surface area contributed by atoms with E-state index in [1.165, 1.54) is 127 Å². The molecule has 0 fully saturated rings. The van der Waals surface area contributed by atoms with E-state index in [2.05, 4.69) is 177 Å². The third kappa shape index (κ3) is 9.23. The third-order valence-corrected chi connectivity index (χ3v) is 15.1. The van der Waals surface area contributed by atoms with Crippen LogP contribution in [0.5, 0.6) is 23.0 Å². The van der Waals surface area contributed by atoms with Gasteiger partial charge in [0.05, 0.1) is 38.8 Å². The van der Waals surface area contributed by atoms with Crippen LogP contribution in [-0.4, -0.2) is 27.9 Å². The minimum absolute atomic E-state index is 0.706. The number of hydrogen-bond acceptors (Lipinski definition) is 4. The number of ether oxygens (including phenoxy) is 4. The molecule has 9 rings (SSSR count). The van der Waals surface area contributed by atoms with Gasteiger partial charge in [0.15, 0.2) is 0 Å². The highest BCUT2D eigenvalue weighted by molar-refractivity contribution is 6.11. The van der Waals surface area contributed by atoms with E-state index < -0.39 is 10.8 Å². The summed E-state index contributed by atoms with van der Waals surface area (Å²) in [6.07, 6.45) is 18.7. The molecule has 0 amide bonds. The average Bonchev–Trinajstić information content (AvgIpc) is 3.41. The minimum Gasteiger partial charge on any atom is -0.497 e. The summed E-state index contributed by atoms with van der Waals surface area (Å²) in [5, 5.41) is 4.84. The molecule has 1 atom stereocenters. The molecule has 0 radical (unpaired) electrons. The predicted molar refractivity (Wildman–Crippen MR) is 288 cm³/mol. The molecule has 0 spiro atoms. The molecule has 1 aliphatic rings. The average molecular weight is 915 g/mol. The summed E-state index contributed by atoms with van der Waals surface area (Å²) in [4.78, 5) is 0. The molecule has 0 heterocycles. The van der Waals surface area contributed by atoms with E-state index in [4.69, 9.17) is 18.9 Å². The van der Waals surface area contributed by atoms with E-state index in [-0.39, 0.29) is 0 Å². The van der Waals surface area contributed by atoms with Gasteiger partial charge < -0.3 is 18.9 Å². The first-order valence-corrected chi connectivity index (χ1v) is 25.8. The highest BCUT2D eigenvalue weighted by Crippen LogP contribution is 2.67. The Balaban J connectivity index is 1.16. The Morgan fingerprint density at radius 3 is 0.986 bits per heavy atom. The maximum atomic E-state index is 6.58. The normalized spacial score (nSPS) is 14.8. The van der Waals surface area contributed by atoms with Gasteiger partial charge in [0.2, 0.25) is 0 Å². The molecule has 69 heavy (non-hydrogen) atoms. The van der Waals surface area contributed by atoms with Crippen LogP contribution in [0.2, 0.25) is 0 Å². The van der Waals surface area contributed by atoms with Crippen LogP contribution < -0.4 is 18.9 Å². The second kappa shape index (κ2) is 22.3. The van der Waals surface area contributed by atoms with Gasteiger partial charge in [0, 0.05) is 0 Å². The summed E-state index contributed by atoms with van der Waals surface area (Å²) in [7, 11) is 5.22. The van der Waals surface area contributed by atoms with E-state index >= 15 is 0 Å². The van der Waals surface area contributed by atoms with E-state index in [1.807, 2.05) is 0 Å². The van der Waals surface area contributed by atoms with Crippen molar-refractivity contribution < 1.29 is 18.9 Å². The molecule has 0 aliphatic heterocycles. The number of hydrogen-bond donors (Lipinski definition) is 0. The first kappa shape index (κ1) is 47.5. The molecule has 8 aromatic carbocycles. The number of benzene rings is 8. The molecule has 4 heteroatoms. The van der Waals surface area contributed by atoms with Crippen molar-refractivity contribution in [1.82, 2.24) is 0 Å². The van der Waals surface area contributed by atoms with Crippen LogP contribution >= 0.6 is 0 Å². The second-order valence-electron chi connectivity index (χ2n) is 19.1. The van der Waals surface area contributed by atoms with Gasteiger partial charge in [0.1, 0.15) is 23.0 Å². The molecule has 0 aromatic heterocycles. The minimum atomic E-state index is -0.871. The highest BCUT2D eigenvalue weighted by atomic mass is 16.5. The Kier molecular flexibility index (Phi) is 15.3. The van der Waals surface area contributed by atoms with Gasteiger partial charge >= 0.3 is 0 Å². The molecule has 1 unspecified atom stereocenters. The second-order valence-corrected chi connectivity index (χ2v) is 19.1. The van der Waals surface area contributed by atoms with Gasteiger partial charge in [0.25, 0.3) is 0 Å². The van der Waals surface area contributed by atoms with Crippen LogP contribution in [0.3, 0.4) is 0 Å². The van der Waals surface area contributed by atoms with Gasteiger partial charge in [-0.15, -0.1) is 0 Å². The van der Waals surface area contributed by atoms with Gasteiger partial charge in [-0.25, -0.2) is 0 Å². The molecule has 354 valence electrons. The van der Waals surface area contributed by atoms with E-state index in [1.54, 1.807) is 21.3 Å². The lowest BCUT2D eigenvalue weighted by atomic mass is 9.43. The summed E-state index contributed by atoms with van der Waals surface area (Å²) in [5.41, 5.74) is 7.74. The van der Waals surface area contributed by atoms with Crippen molar-refractivity contribution in [1.29, 1.82) is 0 Å². The van der Waals surface area contributed by atoms with Crippen LogP contribution in [0.25, 0.3) is 32.7 Å². The smallest absolute Gasteiger partial charge is 0.119 e. The fraction of sp³-hybridized carbons (Fsp3) is 0.323. The Hall–Kier alpha value is -6.52. The monoisotopic (exact) mass is 915 g/mol. The molecule has 0 N–H and O–H groups in total. The van der Waals surface area contributed by atoms with Gasteiger partial charge in [-0.3, -0.25) is 0 Å². The van der Waals surface area contributed by atoms with Crippen molar-refractivity contribution in [3.8, 4) is 34.1 Å². The van der Waals surface area contributed by atoms with Crippen LogP contribution in [0.4, 0.5) is 0 Å². The van der Waals surface area contributed by atoms with Crippen molar-refractivity contribution in [2.75, 3.05) is 27.9 Å². The summed E-state index contributed by atoms with van der Waals surface area (Å²) >= 11 is 0. The molecule has 1 aliphatic carbocycles. The lowest BCUT2D eigenvalue weighted by Gasteiger charge is -2.57. The molecular weight excluding hydrogens is 845 g/mol. The van der Waals surface area contributed by atoms with E-state index in [0.717, 1.165) is 51.7 Å². The van der Waals surface area contributed by atoms with Crippen LogP contribution in [-0.2, 0) is 10.8 Å². The summed E-state index contributed by atoms with van der Waals surface area (Å²) < 4.78 is 24.2. The SMILES string of the molecule is CCCCCCCCCCCCCCCCOc1ccc(C2(c3ccc(OC)cc3)c3ccc4ccccc4c3-c3c(ccc4ccccc34)C2(c2ccc(OC)cc2)c2ccc(OC)cc2)cc1. The van der Waals surface area contributed by atoms with Crippen LogP contribution in [0, 0.1) is 0 Å². The van der Waals surface area contributed by atoms with Crippen molar-refractivity contribution >= 4 is 21.5 Å². The highest BCUT2D eigenvalue weighted by Gasteiger charge is 2.61. The summed E-state index contributed by atoms with van der Waals surface area (Å²) in [5.74, 6) is 3.31. The summed E-state index contributed by atoms with van der Waals surface area (Å²) in [6, 6.07) is 62.7. The van der Waals surface area contributed by atoms with Crippen LogP contribution in [0.1, 0.15) is 130 Å². The lowest BCUT2D eigenvalue weighted by molar-refractivity contribution is 0.304. The van der Waals surface area contributed by atoms with Crippen molar-refractivity contribution in [3.63, 3.8) is 0 Å². The van der Waals surface area contributed by atoms with Crippen molar-refractivity contribution in [3.05, 3.63) is 203 Å². The Morgan fingerprint density at radius 2 is 0.638 bits per heavy atom. The standard InChI is InChI=1S/C65H70O4/c1-5-6-7-8-9-10-11-12-13-14-15-16-17-22-47-69-57-43-35-53(36-44-57)65(52-33-41-56(68-4)42-34-52)61-46-28-49-24-19-21-26-59(49)63(61)62-58-25-20-18-23-48(58)27-45-60(62)64(65,50-29-37-54(66-2)38-30-50)51-31-39-55(67-3)40-32-51/h18-21,23-46H,5-17,22,47H2,1-4H3. The quantitative estimate of drug-likeness (QED) is 0.0599. The molecule has 8 aromatic rings. The third-order valence-electron chi connectivity index (χ3n) is 15.1. The maximum Gasteiger partial charge on any atom is 0.119 e. The van der Waals surface area contributed by atoms with Crippen LogP contribution in [0.15, 0.2) is 170 Å². The summed E-state index contributed by atoms with van der Waals surface area (Å²) in [6.45, 7) is 3.00. The first-order chi connectivity index (χ1) is 34.1. The Labute approximate surface area is 411 Å². The fourth-order valence-electron chi connectivity index (χ4n) is 11.7. The zero-order chi connectivity index (χ0) is 47.5. The zero-order valence-corrected chi connectivity index (χ0v) is 41.4. The number of fused-ring (bicyclic) bond motifs is 7. The van der Waals surface area contributed by atoms with Gasteiger partial charge in [-0.1, -0.05) is 212 Å². The van der Waals surface area contributed by atoms with Crippen molar-refractivity contribution in [2.24, 2.45) is 0 Å². The Morgan fingerprint density at radius 1 is 0.319 bits per heavy atom. The maximum absolute atomic E-state index is 6.58. The topological polar surface area (TPSA) is 36.9 Å². The molecule has 4 nitrogen and oxygen atoms in total. The number of methoxy groups -OCH3 is 3.